The van der Waals surface area contributed by atoms with Crippen LogP contribution in [0, 0.1) is 0 Å². The molecule has 0 radical (unpaired) electrons. The van der Waals surface area contributed by atoms with Crippen LogP contribution in [0.15, 0.2) is 36.2 Å². The fourth-order valence-electron chi connectivity index (χ4n) is 2.98. The van der Waals surface area contributed by atoms with Crippen molar-refractivity contribution in [2.24, 2.45) is 0 Å². The molecular formula is C24H32ClNO8. The molecule has 1 atom stereocenters. The zero-order chi connectivity index (χ0) is 26.1. The van der Waals surface area contributed by atoms with E-state index in [0.29, 0.717) is 12.6 Å². The van der Waals surface area contributed by atoms with E-state index < -0.39 is 23.6 Å². The second-order valence-electron chi connectivity index (χ2n) is 8.47. The maximum absolute atomic E-state index is 12.5. The highest BCUT2D eigenvalue weighted by Crippen LogP contribution is 2.32. The Labute approximate surface area is 204 Å². The maximum atomic E-state index is 12.5. The van der Waals surface area contributed by atoms with E-state index in [1.54, 1.807) is 6.92 Å². The SMILES string of the molecule is CCC(=O)c1ccc(Cl)cc1C(=C/C=O)/C(=C\N(C)C(C=O)CCOC(C)(C)C)OC(O)(O)O. The van der Waals surface area contributed by atoms with Gasteiger partial charge in [0.25, 0.3) is 0 Å². The predicted molar refractivity (Wildman–Crippen MR) is 127 cm³/mol. The number of aldehydes is 2. The van der Waals surface area contributed by atoms with Crippen molar-refractivity contribution in [1.29, 1.82) is 0 Å². The van der Waals surface area contributed by atoms with E-state index in [1.807, 2.05) is 20.8 Å². The van der Waals surface area contributed by atoms with Crippen molar-refractivity contribution in [3.05, 3.63) is 52.4 Å². The van der Waals surface area contributed by atoms with Gasteiger partial charge in [0.1, 0.15) is 12.6 Å². The first-order chi connectivity index (χ1) is 15.7. The minimum Gasteiger partial charge on any atom is -0.415 e. The first-order valence-electron chi connectivity index (χ1n) is 10.6. The monoisotopic (exact) mass is 497 g/mol. The van der Waals surface area contributed by atoms with Crippen LogP contribution in [0.4, 0.5) is 0 Å². The number of ketones is 1. The number of aliphatic hydroxyl groups is 3. The average molecular weight is 498 g/mol. The van der Waals surface area contributed by atoms with Crippen molar-refractivity contribution in [2.75, 3.05) is 13.7 Å². The molecule has 188 valence electrons. The van der Waals surface area contributed by atoms with Crippen LogP contribution in [0.25, 0.3) is 5.57 Å². The van der Waals surface area contributed by atoms with Crippen molar-refractivity contribution >= 4 is 35.5 Å². The number of allylic oxidation sites excluding steroid dienone is 2. The Balaban J connectivity index is 3.54. The third-order valence-corrected chi connectivity index (χ3v) is 4.83. The Kier molecular flexibility index (Phi) is 11.1. The number of halogens is 1. The minimum absolute atomic E-state index is 0.0711. The number of carbonyl (C=O) groups excluding carboxylic acids is 3. The molecule has 34 heavy (non-hydrogen) atoms. The summed E-state index contributed by atoms with van der Waals surface area (Å²) in [4.78, 5) is 37.1. The minimum atomic E-state index is -3.62. The highest BCUT2D eigenvalue weighted by atomic mass is 35.5. The molecule has 0 saturated heterocycles. The summed E-state index contributed by atoms with van der Waals surface area (Å²) in [5.41, 5.74) is -0.121. The van der Waals surface area contributed by atoms with Gasteiger partial charge in [-0.05, 0) is 57.0 Å². The second kappa shape index (κ2) is 12.8. The molecule has 0 spiro atoms. The van der Waals surface area contributed by atoms with Gasteiger partial charge in [0.15, 0.2) is 11.5 Å². The lowest BCUT2D eigenvalue weighted by Gasteiger charge is -2.27. The number of carbonyl (C=O) groups is 3. The van der Waals surface area contributed by atoms with E-state index in [1.165, 1.54) is 36.3 Å². The number of Topliss-reactive ketones (excluding diaryl/α,β-unsaturated/α-hetero) is 1. The zero-order valence-electron chi connectivity index (χ0n) is 19.9. The summed E-state index contributed by atoms with van der Waals surface area (Å²) in [6.45, 7) is 7.53. The molecule has 1 aromatic carbocycles. The summed E-state index contributed by atoms with van der Waals surface area (Å²) in [5.74, 6) is -0.678. The van der Waals surface area contributed by atoms with Crippen LogP contribution >= 0.6 is 11.6 Å². The van der Waals surface area contributed by atoms with Gasteiger partial charge < -0.3 is 34.5 Å². The molecule has 9 nitrogen and oxygen atoms in total. The third kappa shape index (κ3) is 9.74. The van der Waals surface area contributed by atoms with Gasteiger partial charge in [0, 0.05) is 42.4 Å². The van der Waals surface area contributed by atoms with Crippen LogP contribution in [0.2, 0.25) is 5.02 Å². The quantitative estimate of drug-likeness (QED) is 0.0938. The van der Waals surface area contributed by atoms with Gasteiger partial charge in [0.2, 0.25) is 0 Å². The summed E-state index contributed by atoms with van der Waals surface area (Å²) < 4.78 is 10.5. The summed E-state index contributed by atoms with van der Waals surface area (Å²) in [7, 11) is 1.52. The Morgan fingerprint density at radius 1 is 1.18 bits per heavy atom. The number of hydrogen-bond acceptors (Lipinski definition) is 9. The molecule has 1 aromatic rings. The molecule has 1 unspecified atom stereocenters. The van der Waals surface area contributed by atoms with Gasteiger partial charge in [-0.25, -0.2) is 0 Å². The molecular weight excluding hydrogens is 466 g/mol. The van der Waals surface area contributed by atoms with Crippen LogP contribution < -0.4 is 0 Å². The van der Waals surface area contributed by atoms with Crippen LogP contribution in [-0.4, -0.2) is 70.0 Å². The van der Waals surface area contributed by atoms with Crippen LogP contribution in [0.3, 0.4) is 0 Å². The van der Waals surface area contributed by atoms with Gasteiger partial charge in [-0.15, -0.1) is 0 Å². The number of nitrogens with zero attached hydrogens (tertiary/aromatic N) is 1. The molecule has 0 aromatic heterocycles. The molecule has 0 aliphatic rings. The Morgan fingerprint density at radius 2 is 1.82 bits per heavy atom. The van der Waals surface area contributed by atoms with Gasteiger partial charge >= 0.3 is 6.16 Å². The van der Waals surface area contributed by atoms with E-state index in [4.69, 9.17) is 21.1 Å². The number of hydrogen-bond donors (Lipinski definition) is 3. The van der Waals surface area contributed by atoms with E-state index in [2.05, 4.69) is 0 Å². The Hall–Kier alpha value is -2.56. The smallest absolute Gasteiger partial charge is 0.415 e. The van der Waals surface area contributed by atoms with E-state index >= 15 is 0 Å². The first-order valence-corrected chi connectivity index (χ1v) is 11.0. The fraction of sp³-hybridized carbons (Fsp3) is 0.458. The normalized spacial score (nSPS) is 13.9. The number of rotatable bonds is 13. The summed E-state index contributed by atoms with van der Waals surface area (Å²) in [5, 5.41) is 28.7. The van der Waals surface area contributed by atoms with Crippen LogP contribution in [0.1, 0.15) is 56.5 Å². The molecule has 0 saturated carbocycles. The Bertz CT molecular complexity index is 928. The zero-order valence-corrected chi connectivity index (χ0v) is 20.7. The van der Waals surface area contributed by atoms with Crippen molar-refractivity contribution in [3.63, 3.8) is 0 Å². The summed E-state index contributed by atoms with van der Waals surface area (Å²) in [6, 6.07) is 3.64. The van der Waals surface area contributed by atoms with Crippen LogP contribution in [-0.2, 0) is 19.1 Å². The van der Waals surface area contributed by atoms with E-state index in [9.17, 15) is 29.7 Å². The van der Waals surface area contributed by atoms with Gasteiger partial charge in [-0.2, -0.15) is 0 Å². The molecule has 0 bridgehead atoms. The maximum Gasteiger partial charge on any atom is 0.453 e. The third-order valence-electron chi connectivity index (χ3n) is 4.59. The lowest BCUT2D eigenvalue weighted by Crippen LogP contribution is -2.34. The standard InChI is InChI=1S/C24H32ClNO8/c1-6-21(29)18-8-7-16(25)13-20(18)19(9-11-27)22(34-24(30,31)32)14-26(5)17(15-28)10-12-33-23(2,3)4/h7-9,11,13-15,17,30-32H,6,10,12H2,1-5H3/b19-9-,22-14+. The topological polar surface area (TPSA) is 134 Å². The van der Waals surface area contributed by atoms with Crippen molar-refractivity contribution < 1.29 is 39.2 Å². The van der Waals surface area contributed by atoms with Crippen LogP contribution in [0.5, 0.6) is 0 Å². The van der Waals surface area contributed by atoms with Gasteiger partial charge in [0.05, 0.1) is 11.6 Å². The molecule has 1 rings (SSSR count). The lowest BCUT2D eigenvalue weighted by atomic mass is 9.94. The van der Waals surface area contributed by atoms with Gasteiger partial charge in [-0.1, -0.05) is 18.5 Å². The first kappa shape index (κ1) is 29.5. The second-order valence-corrected chi connectivity index (χ2v) is 8.91. The molecule has 0 aliphatic carbocycles. The highest BCUT2D eigenvalue weighted by Gasteiger charge is 2.28. The largest absolute Gasteiger partial charge is 0.453 e. The summed E-state index contributed by atoms with van der Waals surface area (Å²) >= 11 is 6.11. The fourth-order valence-corrected chi connectivity index (χ4v) is 3.15. The van der Waals surface area contributed by atoms with Gasteiger partial charge in [-0.3, -0.25) is 9.59 Å². The predicted octanol–water partition coefficient (Wildman–Crippen LogP) is 2.67. The molecule has 0 heterocycles. The molecule has 0 fully saturated rings. The van der Waals surface area contributed by atoms with Crippen molar-refractivity contribution in [3.8, 4) is 0 Å². The molecule has 10 heteroatoms. The number of likely N-dealkylation sites (N-methyl/N-ethyl adjacent to an activating group) is 1. The molecule has 3 N–H and O–H groups in total. The molecule has 0 amide bonds. The van der Waals surface area contributed by atoms with Crippen molar-refractivity contribution in [2.45, 2.75) is 58.3 Å². The lowest BCUT2D eigenvalue weighted by molar-refractivity contribution is -0.440. The molecule has 0 aliphatic heterocycles. The highest BCUT2D eigenvalue weighted by molar-refractivity contribution is 6.31. The summed E-state index contributed by atoms with van der Waals surface area (Å²) in [6.07, 6.45) is 0.0929. The van der Waals surface area contributed by atoms with E-state index in [-0.39, 0.29) is 47.0 Å². The average Bonchev–Trinajstić information content (AvgIpc) is 2.72. The Morgan fingerprint density at radius 3 is 2.32 bits per heavy atom. The van der Waals surface area contributed by atoms with E-state index in [0.717, 1.165) is 6.08 Å². The number of ether oxygens (including phenoxy) is 2. The van der Waals surface area contributed by atoms with Crippen molar-refractivity contribution in [1.82, 2.24) is 4.90 Å². The number of benzene rings is 1.